The Kier molecular flexibility index (Phi) is 2.99. The van der Waals surface area contributed by atoms with Crippen LogP contribution in [0.25, 0.3) is 0 Å². The van der Waals surface area contributed by atoms with E-state index in [2.05, 4.69) is 30.2 Å². The van der Waals surface area contributed by atoms with Gasteiger partial charge < -0.3 is 14.8 Å². The van der Waals surface area contributed by atoms with E-state index in [0.29, 0.717) is 6.79 Å². The lowest BCUT2D eigenvalue weighted by Crippen LogP contribution is -2.07. The number of anilines is 1. The highest BCUT2D eigenvalue weighted by atomic mass is 16.7. The number of nitrogens with zero attached hydrogens (tertiary/aromatic N) is 1. The number of hydrogen-bond acceptors (Lipinski definition) is 4. The van der Waals surface area contributed by atoms with E-state index < -0.39 is 0 Å². The lowest BCUT2D eigenvalue weighted by molar-refractivity contribution is 0.174. The first-order valence-electron chi connectivity index (χ1n) is 6.31. The number of benzene rings is 1. The van der Waals surface area contributed by atoms with Crippen LogP contribution in [0.5, 0.6) is 11.5 Å². The van der Waals surface area contributed by atoms with Crippen LogP contribution in [0, 0.1) is 6.92 Å². The molecule has 1 unspecified atom stereocenters. The van der Waals surface area contributed by atoms with Crippen molar-refractivity contribution in [1.82, 2.24) is 4.98 Å². The zero-order valence-corrected chi connectivity index (χ0v) is 11.0. The van der Waals surface area contributed by atoms with Crippen LogP contribution in [0.1, 0.15) is 24.1 Å². The molecule has 0 fully saturated rings. The lowest BCUT2D eigenvalue weighted by atomic mass is 10.1. The number of rotatable bonds is 3. The molecular weight excluding hydrogens is 240 g/mol. The molecule has 1 atom stereocenters. The average Bonchev–Trinajstić information content (AvgIpc) is 2.88. The fraction of sp³-hybridized carbons (Fsp3) is 0.267. The summed E-state index contributed by atoms with van der Waals surface area (Å²) in [5.41, 5.74) is 3.39. The molecule has 1 aliphatic heterocycles. The Morgan fingerprint density at radius 3 is 2.89 bits per heavy atom. The Morgan fingerprint density at radius 1 is 1.21 bits per heavy atom. The van der Waals surface area contributed by atoms with Crippen molar-refractivity contribution in [2.45, 2.75) is 19.9 Å². The summed E-state index contributed by atoms with van der Waals surface area (Å²) >= 11 is 0. The van der Waals surface area contributed by atoms with Crippen molar-refractivity contribution < 1.29 is 9.47 Å². The van der Waals surface area contributed by atoms with Crippen molar-refractivity contribution in [3.8, 4) is 11.5 Å². The number of aryl methyl sites for hydroxylation is 1. The minimum absolute atomic E-state index is 0.178. The SMILES string of the molecule is Cc1ccncc1NC(C)c1ccc2c(c1)OCO2. The summed E-state index contributed by atoms with van der Waals surface area (Å²) in [7, 11) is 0. The molecule has 4 nitrogen and oxygen atoms in total. The first kappa shape index (κ1) is 11.8. The summed E-state index contributed by atoms with van der Waals surface area (Å²) in [6, 6.07) is 8.20. The van der Waals surface area contributed by atoms with E-state index in [-0.39, 0.29) is 6.04 Å². The molecular formula is C15H16N2O2. The first-order chi connectivity index (χ1) is 9.24. The topological polar surface area (TPSA) is 43.4 Å². The molecule has 0 aliphatic carbocycles. The Labute approximate surface area is 112 Å². The maximum Gasteiger partial charge on any atom is 0.231 e. The van der Waals surface area contributed by atoms with Crippen LogP contribution < -0.4 is 14.8 Å². The van der Waals surface area contributed by atoms with Crippen LogP contribution in [-0.4, -0.2) is 11.8 Å². The highest BCUT2D eigenvalue weighted by Crippen LogP contribution is 2.34. The second-order valence-electron chi connectivity index (χ2n) is 4.67. The summed E-state index contributed by atoms with van der Waals surface area (Å²) < 4.78 is 10.7. The predicted octanol–water partition coefficient (Wildman–Crippen LogP) is 3.29. The predicted molar refractivity (Wildman–Crippen MR) is 73.6 cm³/mol. The van der Waals surface area contributed by atoms with Crippen LogP contribution in [0.3, 0.4) is 0 Å². The van der Waals surface area contributed by atoms with E-state index in [1.807, 2.05) is 24.4 Å². The van der Waals surface area contributed by atoms with Gasteiger partial charge in [-0.1, -0.05) is 6.07 Å². The van der Waals surface area contributed by atoms with Crippen molar-refractivity contribution in [3.05, 3.63) is 47.8 Å². The van der Waals surface area contributed by atoms with Gasteiger partial charge in [0.1, 0.15) is 0 Å². The van der Waals surface area contributed by atoms with Gasteiger partial charge in [0, 0.05) is 12.2 Å². The smallest absolute Gasteiger partial charge is 0.231 e. The van der Waals surface area contributed by atoms with Gasteiger partial charge in [0.05, 0.1) is 11.9 Å². The van der Waals surface area contributed by atoms with Crippen molar-refractivity contribution in [1.29, 1.82) is 0 Å². The molecule has 3 rings (SSSR count). The second-order valence-corrected chi connectivity index (χ2v) is 4.67. The van der Waals surface area contributed by atoms with E-state index >= 15 is 0 Å². The summed E-state index contributed by atoms with van der Waals surface area (Å²) in [6.45, 7) is 4.49. The van der Waals surface area contributed by atoms with E-state index in [9.17, 15) is 0 Å². The van der Waals surface area contributed by atoms with Gasteiger partial charge >= 0.3 is 0 Å². The van der Waals surface area contributed by atoms with Crippen LogP contribution in [0.2, 0.25) is 0 Å². The van der Waals surface area contributed by atoms with Gasteiger partial charge in [0.15, 0.2) is 11.5 Å². The van der Waals surface area contributed by atoms with Gasteiger partial charge in [-0.3, -0.25) is 4.98 Å². The number of aromatic nitrogens is 1. The third-order valence-corrected chi connectivity index (χ3v) is 3.31. The van der Waals surface area contributed by atoms with Gasteiger partial charge in [-0.2, -0.15) is 0 Å². The summed E-state index contributed by atoms with van der Waals surface area (Å²) in [6.07, 6.45) is 3.64. The number of hydrogen-bond donors (Lipinski definition) is 1. The molecule has 0 amide bonds. The van der Waals surface area contributed by atoms with E-state index in [1.54, 1.807) is 6.20 Å². The molecule has 98 valence electrons. The van der Waals surface area contributed by atoms with Crippen molar-refractivity contribution in [3.63, 3.8) is 0 Å². The third-order valence-electron chi connectivity index (χ3n) is 3.31. The monoisotopic (exact) mass is 256 g/mol. The van der Waals surface area contributed by atoms with Gasteiger partial charge in [-0.05, 0) is 43.2 Å². The largest absolute Gasteiger partial charge is 0.454 e. The fourth-order valence-corrected chi connectivity index (χ4v) is 2.11. The highest BCUT2D eigenvalue weighted by molar-refractivity contribution is 5.51. The molecule has 2 aromatic rings. The summed E-state index contributed by atoms with van der Waals surface area (Å²) in [4.78, 5) is 4.14. The maximum absolute atomic E-state index is 5.40. The zero-order chi connectivity index (χ0) is 13.2. The van der Waals surface area contributed by atoms with Gasteiger partial charge in [0.2, 0.25) is 6.79 Å². The Balaban J connectivity index is 1.81. The molecule has 1 N–H and O–H groups in total. The van der Waals surface area contributed by atoms with Gasteiger partial charge in [-0.15, -0.1) is 0 Å². The molecule has 0 spiro atoms. The molecule has 1 aliphatic rings. The Bertz CT molecular complexity index is 598. The second kappa shape index (κ2) is 4.80. The van der Waals surface area contributed by atoms with E-state index in [0.717, 1.165) is 22.7 Å². The molecule has 0 saturated carbocycles. The van der Waals surface area contributed by atoms with Crippen molar-refractivity contribution in [2.24, 2.45) is 0 Å². The first-order valence-corrected chi connectivity index (χ1v) is 6.31. The van der Waals surface area contributed by atoms with Gasteiger partial charge in [-0.25, -0.2) is 0 Å². The van der Waals surface area contributed by atoms with Crippen molar-refractivity contribution in [2.75, 3.05) is 12.1 Å². The van der Waals surface area contributed by atoms with Crippen LogP contribution in [0.4, 0.5) is 5.69 Å². The van der Waals surface area contributed by atoms with Gasteiger partial charge in [0.25, 0.3) is 0 Å². The fourth-order valence-electron chi connectivity index (χ4n) is 2.11. The Hall–Kier alpha value is -2.23. The molecule has 0 saturated heterocycles. The standard InChI is InChI=1S/C15H16N2O2/c1-10-5-6-16-8-13(10)17-11(2)12-3-4-14-15(7-12)19-9-18-14/h3-8,11,17H,9H2,1-2H3. The van der Waals surface area contributed by atoms with Crippen LogP contribution >= 0.6 is 0 Å². The average molecular weight is 256 g/mol. The highest BCUT2D eigenvalue weighted by Gasteiger charge is 2.15. The van der Waals surface area contributed by atoms with Crippen LogP contribution in [-0.2, 0) is 0 Å². The molecule has 1 aromatic carbocycles. The minimum Gasteiger partial charge on any atom is -0.454 e. The molecule has 0 bridgehead atoms. The lowest BCUT2D eigenvalue weighted by Gasteiger charge is -2.17. The number of ether oxygens (including phenoxy) is 2. The number of nitrogens with one attached hydrogen (secondary N) is 1. The summed E-state index contributed by atoms with van der Waals surface area (Å²) in [5.74, 6) is 1.63. The Morgan fingerprint density at radius 2 is 2.05 bits per heavy atom. The van der Waals surface area contributed by atoms with E-state index in [4.69, 9.17) is 9.47 Å². The molecule has 1 aromatic heterocycles. The quantitative estimate of drug-likeness (QED) is 0.915. The molecule has 19 heavy (non-hydrogen) atoms. The molecule has 4 heteroatoms. The minimum atomic E-state index is 0.178. The maximum atomic E-state index is 5.40. The van der Waals surface area contributed by atoms with E-state index in [1.165, 1.54) is 5.56 Å². The third kappa shape index (κ3) is 2.34. The van der Waals surface area contributed by atoms with Crippen molar-refractivity contribution >= 4 is 5.69 Å². The molecule has 2 heterocycles. The van der Waals surface area contributed by atoms with Crippen LogP contribution in [0.15, 0.2) is 36.7 Å². The number of pyridine rings is 1. The molecule has 0 radical (unpaired) electrons. The normalized spacial score (nSPS) is 14.2. The zero-order valence-electron chi connectivity index (χ0n) is 11.0. The summed E-state index contributed by atoms with van der Waals surface area (Å²) in [5, 5.41) is 3.46. The number of fused-ring (bicyclic) bond motifs is 1.